The minimum Gasteiger partial charge on any atom is -0.394 e. The second-order valence-electron chi connectivity index (χ2n) is 32.4. The van der Waals surface area contributed by atoms with Crippen molar-refractivity contribution in [3.8, 4) is 0 Å². The first-order valence-electron chi connectivity index (χ1n) is 46.3. The number of carbonyl (C=O) groups excluding carboxylic acids is 1. The van der Waals surface area contributed by atoms with Crippen molar-refractivity contribution in [3.63, 3.8) is 0 Å². The number of aliphatic hydroxyl groups excluding tert-OH is 11. The third kappa shape index (κ3) is 52.2. The van der Waals surface area contributed by atoms with Gasteiger partial charge in [-0.05, 0) is 103 Å². The van der Waals surface area contributed by atoms with Gasteiger partial charge in [-0.3, -0.25) is 4.79 Å². The summed E-state index contributed by atoms with van der Waals surface area (Å²) in [5.41, 5.74) is 0. The molecule has 0 spiro atoms. The summed E-state index contributed by atoms with van der Waals surface area (Å²) in [5, 5.41) is 121. The van der Waals surface area contributed by atoms with Gasteiger partial charge in [-0.1, -0.05) is 360 Å². The van der Waals surface area contributed by atoms with Gasteiger partial charge >= 0.3 is 0 Å². The van der Waals surface area contributed by atoms with E-state index in [0.717, 1.165) is 103 Å². The van der Waals surface area contributed by atoms with E-state index in [1.807, 2.05) is 6.08 Å². The molecule has 19 heteroatoms. The third-order valence-electron chi connectivity index (χ3n) is 22.2. The molecule has 0 aliphatic carbocycles. The monoisotopic (exact) mass is 1620 g/mol. The Bertz CT molecular complexity index is 2550. The number of amides is 1. The summed E-state index contributed by atoms with van der Waals surface area (Å²) < 4.78 is 34.5. The molecular formula is C96H167NO18. The van der Waals surface area contributed by atoms with Crippen LogP contribution < -0.4 is 5.32 Å². The molecule has 0 saturated carbocycles. The number of ether oxygens (including phenoxy) is 6. The molecule has 3 aliphatic heterocycles. The van der Waals surface area contributed by atoms with E-state index in [1.54, 1.807) is 6.08 Å². The molecule has 0 aromatic carbocycles. The van der Waals surface area contributed by atoms with Crippen molar-refractivity contribution in [2.75, 3.05) is 26.4 Å². The predicted octanol–water partition coefficient (Wildman–Crippen LogP) is 18.2. The molecule has 3 aliphatic rings. The lowest BCUT2D eigenvalue weighted by Crippen LogP contribution is -2.66. The highest BCUT2D eigenvalue weighted by molar-refractivity contribution is 5.76. The van der Waals surface area contributed by atoms with Crippen LogP contribution in [0.5, 0.6) is 0 Å². The van der Waals surface area contributed by atoms with Crippen LogP contribution in [-0.2, 0) is 33.2 Å². The Morgan fingerprint density at radius 1 is 0.322 bits per heavy atom. The smallest absolute Gasteiger partial charge is 0.220 e. The number of hydrogen-bond acceptors (Lipinski definition) is 18. The second kappa shape index (κ2) is 74.1. The fourth-order valence-corrected chi connectivity index (χ4v) is 14.9. The van der Waals surface area contributed by atoms with Gasteiger partial charge in [0, 0.05) is 6.42 Å². The highest BCUT2D eigenvalue weighted by atomic mass is 16.8. The van der Waals surface area contributed by atoms with Gasteiger partial charge in [0.2, 0.25) is 5.91 Å². The Hall–Kier alpha value is -3.81. The standard InChI is InChI=1S/C96H167NO18/c1-3-5-7-9-11-13-15-17-19-21-23-25-27-29-31-33-35-37-38-39-40-42-44-46-48-50-52-54-56-58-60-62-64-66-68-70-72-74-84(102)97-79(80(101)73-71-69-67-65-63-61-59-57-55-53-51-49-47-45-43-41-36-34-32-30-28-26-24-22-20-18-16-14-12-10-8-6-4-2)78-110-94-90(108)87(105)92(82(76-99)112-94)115-96-91(109)88(106)93(83(77-100)113-96)114-95-89(107)86(104)85(103)81(75-98)111-95/h5,7,11,13,17,19,23,25,29,31,35,37,39-40,55,57,63,65,71,73,79-83,85-96,98-101,103-109H,3-4,6,8-10,12,14-16,18,20-22,24,26-28,30,32-34,36,38,41-54,56,58-62,64,66-70,72,74-78H2,1-2H3,(H,97,102)/b7-5-,13-11-,19-17-,25-23-,31-29-,37-35-,40-39-,57-55+,65-63+,73-71+. The van der Waals surface area contributed by atoms with E-state index in [-0.39, 0.29) is 18.9 Å². The molecule has 12 N–H and O–H groups in total. The summed E-state index contributed by atoms with van der Waals surface area (Å²) in [5.74, 6) is -0.290. The quantitative estimate of drug-likeness (QED) is 0.0199. The van der Waals surface area contributed by atoms with Crippen molar-refractivity contribution in [2.45, 2.75) is 452 Å². The van der Waals surface area contributed by atoms with Gasteiger partial charge in [-0.25, -0.2) is 0 Å². The van der Waals surface area contributed by atoms with E-state index in [4.69, 9.17) is 28.4 Å². The maximum atomic E-state index is 13.5. The predicted molar refractivity (Wildman–Crippen MR) is 466 cm³/mol. The highest BCUT2D eigenvalue weighted by Crippen LogP contribution is 2.33. The molecule has 17 atom stereocenters. The number of carbonyl (C=O) groups is 1. The van der Waals surface area contributed by atoms with Crippen LogP contribution in [0, 0.1) is 0 Å². The Labute approximate surface area is 697 Å². The maximum Gasteiger partial charge on any atom is 0.220 e. The fraction of sp³-hybridized carbons (Fsp3) is 0.781. The van der Waals surface area contributed by atoms with Gasteiger partial charge in [0.05, 0.1) is 38.6 Å². The first-order chi connectivity index (χ1) is 56.3. The Morgan fingerprint density at radius 2 is 0.609 bits per heavy atom. The molecule has 664 valence electrons. The lowest BCUT2D eigenvalue weighted by atomic mass is 9.96. The van der Waals surface area contributed by atoms with Crippen molar-refractivity contribution in [2.24, 2.45) is 0 Å². The van der Waals surface area contributed by atoms with Crippen molar-refractivity contribution in [3.05, 3.63) is 122 Å². The third-order valence-corrected chi connectivity index (χ3v) is 22.2. The minimum atomic E-state index is -1.99. The molecular weight excluding hydrogens is 1460 g/mol. The van der Waals surface area contributed by atoms with Crippen molar-refractivity contribution < 1.29 is 89.4 Å². The molecule has 3 fully saturated rings. The number of hydrogen-bond donors (Lipinski definition) is 12. The van der Waals surface area contributed by atoms with Crippen LogP contribution in [0.3, 0.4) is 0 Å². The SMILES string of the molecule is CC/C=C\C/C=C\C/C=C\C/C=C\C/C=C\C/C=C\C/C=C\CCCCCCCCCCCCCCCCCC(=O)NC(COC1OC(CO)C(OC2OC(CO)C(OC3OC(CO)C(O)C(O)C3O)C(O)C2O)C(O)C1O)C(O)/C=C/CC/C=C/CC/C=C/CCCCCCCCCCCCCCCCCCCCCCCCC. The molecule has 115 heavy (non-hydrogen) atoms. The van der Waals surface area contributed by atoms with E-state index in [1.165, 1.54) is 212 Å². The molecule has 0 aromatic rings. The van der Waals surface area contributed by atoms with E-state index in [0.29, 0.717) is 12.8 Å². The van der Waals surface area contributed by atoms with Crippen molar-refractivity contribution >= 4 is 5.91 Å². The number of unbranched alkanes of at least 4 members (excludes halogenated alkanes) is 40. The zero-order chi connectivity index (χ0) is 83.1. The normalized spacial score (nSPS) is 25.2. The summed E-state index contributed by atoms with van der Waals surface area (Å²) in [6.07, 6.45) is 79.3. The summed E-state index contributed by atoms with van der Waals surface area (Å²) in [6.45, 7) is 1.63. The number of allylic oxidation sites excluding steroid dienone is 19. The fourth-order valence-electron chi connectivity index (χ4n) is 14.9. The summed E-state index contributed by atoms with van der Waals surface area (Å²) >= 11 is 0. The number of rotatable bonds is 74. The molecule has 1 amide bonds. The molecule has 0 bridgehead atoms. The molecule has 3 rings (SSSR count). The summed E-state index contributed by atoms with van der Waals surface area (Å²) in [7, 11) is 0. The first-order valence-corrected chi connectivity index (χ1v) is 46.3. The van der Waals surface area contributed by atoms with Crippen LogP contribution in [0.2, 0.25) is 0 Å². The first kappa shape index (κ1) is 105. The van der Waals surface area contributed by atoms with Gasteiger partial charge < -0.3 is 89.9 Å². The zero-order valence-corrected chi connectivity index (χ0v) is 71.7. The lowest BCUT2D eigenvalue weighted by molar-refractivity contribution is -0.379. The van der Waals surface area contributed by atoms with Crippen LogP contribution >= 0.6 is 0 Å². The number of aliphatic hydroxyl groups is 11. The van der Waals surface area contributed by atoms with Crippen LogP contribution in [-0.4, -0.2) is 193 Å². The zero-order valence-electron chi connectivity index (χ0n) is 71.7. The maximum absolute atomic E-state index is 13.5. The van der Waals surface area contributed by atoms with Gasteiger partial charge in [0.15, 0.2) is 18.9 Å². The Kier molecular flexibility index (Phi) is 67.9. The van der Waals surface area contributed by atoms with Crippen LogP contribution in [0.4, 0.5) is 0 Å². The molecule has 17 unspecified atom stereocenters. The molecule has 3 saturated heterocycles. The van der Waals surface area contributed by atoms with Gasteiger partial charge in [0.1, 0.15) is 73.2 Å². The van der Waals surface area contributed by atoms with Gasteiger partial charge in [-0.15, -0.1) is 0 Å². The van der Waals surface area contributed by atoms with Gasteiger partial charge in [-0.2, -0.15) is 0 Å². The van der Waals surface area contributed by atoms with E-state index >= 15 is 0 Å². The highest BCUT2D eigenvalue weighted by Gasteiger charge is 2.54. The van der Waals surface area contributed by atoms with Crippen molar-refractivity contribution in [1.82, 2.24) is 5.32 Å². The average molecular weight is 1620 g/mol. The summed E-state index contributed by atoms with van der Waals surface area (Å²) in [4.78, 5) is 13.5. The van der Waals surface area contributed by atoms with Crippen LogP contribution in [0.15, 0.2) is 122 Å². The Balaban J connectivity index is 1.34. The van der Waals surface area contributed by atoms with Crippen LogP contribution in [0.1, 0.15) is 348 Å². The van der Waals surface area contributed by atoms with E-state index in [9.17, 15) is 61.0 Å². The summed E-state index contributed by atoms with van der Waals surface area (Å²) in [6, 6.07) is -1.01. The van der Waals surface area contributed by atoms with Gasteiger partial charge in [0.25, 0.3) is 0 Å². The van der Waals surface area contributed by atoms with E-state index in [2.05, 4.69) is 129 Å². The minimum absolute atomic E-state index is 0.226. The Morgan fingerprint density at radius 3 is 0.974 bits per heavy atom. The van der Waals surface area contributed by atoms with E-state index < -0.39 is 124 Å². The largest absolute Gasteiger partial charge is 0.394 e. The lowest BCUT2D eigenvalue weighted by Gasteiger charge is -2.48. The molecule has 0 aromatic heterocycles. The number of nitrogens with one attached hydrogen (secondary N) is 1. The molecule has 0 radical (unpaired) electrons. The van der Waals surface area contributed by atoms with Crippen LogP contribution in [0.25, 0.3) is 0 Å². The topological polar surface area (TPSA) is 307 Å². The molecule has 3 heterocycles. The second-order valence-corrected chi connectivity index (χ2v) is 32.4. The average Bonchev–Trinajstić information content (AvgIpc) is 0.779. The van der Waals surface area contributed by atoms with Crippen molar-refractivity contribution in [1.29, 1.82) is 0 Å². The molecule has 19 nitrogen and oxygen atoms in total.